The zero-order chi connectivity index (χ0) is 16.6. The molecule has 0 unspecified atom stereocenters. The van der Waals surface area contributed by atoms with Gasteiger partial charge in [-0.15, -0.1) is 0 Å². The number of piperidine rings is 1. The molecule has 1 aromatic heterocycles. The number of nitrogens with zero attached hydrogens (tertiary/aromatic N) is 3. The Morgan fingerprint density at radius 2 is 2.17 bits per heavy atom. The van der Waals surface area contributed by atoms with Gasteiger partial charge in [0.05, 0.1) is 23.2 Å². The monoisotopic (exact) mass is 315 g/mol. The van der Waals surface area contributed by atoms with Crippen LogP contribution in [-0.2, 0) is 11.8 Å². The van der Waals surface area contributed by atoms with Crippen LogP contribution in [0.4, 0.5) is 0 Å². The second kappa shape index (κ2) is 6.32. The molecule has 5 nitrogen and oxygen atoms in total. The maximum atomic E-state index is 12.8. The van der Waals surface area contributed by atoms with Gasteiger partial charge in [-0.05, 0) is 51.8 Å². The molecule has 0 N–H and O–H groups in total. The van der Waals surface area contributed by atoms with Gasteiger partial charge < -0.3 is 14.2 Å². The van der Waals surface area contributed by atoms with Crippen molar-refractivity contribution >= 4 is 16.9 Å². The van der Waals surface area contributed by atoms with E-state index < -0.39 is 0 Å². The minimum absolute atomic E-state index is 0.0859. The van der Waals surface area contributed by atoms with Gasteiger partial charge in [0.15, 0.2) is 0 Å². The summed E-state index contributed by atoms with van der Waals surface area (Å²) in [5, 5.41) is 0. The standard InChI is InChI=1S/C18H25N3O2/c1-12(2)23-15-6-5-9-21(11-15)18(22)14-7-8-16-17(10-14)20(4)13(3)19-16/h7-8,10,12,15H,5-6,9,11H2,1-4H3/t15-/m0/s1. The van der Waals surface area contributed by atoms with Crippen LogP contribution in [0.5, 0.6) is 0 Å². The molecule has 2 aromatic rings. The van der Waals surface area contributed by atoms with Crippen LogP contribution in [0.3, 0.4) is 0 Å². The first kappa shape index (κ1) is 16.0. The van der Waals surface area contributed by atoms with Crippen LogP contribution in [-0.4, -0.2) is 45.7 Å². The number of ether oxygens (including phenoxy) is 1. The van der Waals surface area contributed by atoms with Crippen LogP contribution in [0.2, 0.25) is 0 Å². The van der Waals surface area contributed by atoms with Crippen LogP contribution in [0, 0.1) is 6.92 Å². The summed E-state index contributed by atoms with van der Waals surface area (Å²) in [6.07, 6.45) is 2.37. The van der Waals surface area contributed by atoms with E-state index in [9.17, 15) is 4.79 Å². The average molecular weight is 315 g/mol. The molecule has 1 aliphatic rings. The number of rotatable bonds is 3. The third-order valence-electron chi connectivity index (χ3n) is 4.48. The number of carbonyl (C=O) groups excluding carboxylic acids is 1. The summed E-state index contributed by atoms with van der Waals surface area (Å²) in [5.74, 6) is 1.04. The number of fused-ring (bicyclic) bond motifs is 1. The fourth-order valence-corrected chi connectivity index (χ4v) is 3.24. The molecule has 1 aliphatic heterocycles. The van der Waals surface area contributed by atoms with Crippen molar-refractivity contribution in [1.82, 2.24) is 14.5 Å². The van der Waals surface area contributed by atoms with Crippen molar-refractivity contribution < 1.29 is 9.53 Å². The lowest BCUT2D eigenvalue weighted by Gasteiger charge is -2.33. The first-order valence-corrected chi connectivity index (χ1v) is 8.33. The fourth-order valence-electron chi connectivity index (χ4n) is 3.24. The normalized spacial score (nSPS) is 18.8. The molecule has 124 valence electrons. The smallest absolute Gasteiger partial charge is 0.254 e. The summed E-state index contributed by atoms with van der Waals surface area (Å²) < 4.78 is 7.91. The van der Waals surface area contributed by atoms with Crippen LogP contribution in [0.15, 0.2) is 18.2 Å². The van der Waals surface area contributed by atoms with Crippen LogP contribution >= 0.6 is 0 Å². The molecule has 23 heavy (non-hydrogen) atoms. The van der Waals surface area contributed by atoms with E-state index in [2.05, 4.69) is 4.98 Å². The molecule has 1 saturated heterocycles. The minimum atomic E-state index is 0.0859. The highest BCUT2D eigenvalue weighted by Crippen LogP contribution is 2.20. The van der Waals surface area contributed by atoms with Crippen LogP contribution < -0.4 is 0 Å². The van der Waals surface area contributed by atoms with Crippen molar-refractivity contribution in [2.24, 2.45) is 7.05 Å². The van der Waals surface area contributed by atoms with Gasteiger partial charge >= 0.3 is 0 Å². The van der Waals surface area contributed by atoms with E-state index in [0.29, 0.717) is 6.54 Å². The predicted molar refractivity (Wildman–Crippen MR) is 90.6 cm³/mol. The topological polar surface area (TPSA) is 47.4 Å². The van der Waals surface area contributed by atoms with Gasteiger partial charge in [0, 0.05) is 25.7 Å². The third-order valence-corrected chi connectivity index (χ3v) is 4.48. The molecular weight excluding hydrogens is 290 g/mol. The molecule has 0 bridgehead atoms. The Morgan fingerprint density at radius 3 is 2.91 bits per heavy atom. The molecule has 1 amide bonds. The molecule has 2 heterocycles. The third kappa shape index (κ3) is 3.24. The number of imidazole rings is 1. The average Bonchev–Trinajstić information content (AvgIpc) is 2.81. The predicted octanol–water partition coefficient (Wildman–Crippen LogP) is 2.91. The first-order chi connectivity index (χ1) is 11.0. The summed E-state index contributed by atoms with van der Waals surface area (Å²) >= 11 is 0. The van der Waals surface area contributed by atoms with E-state index in [4.69, 9.17) is 4.74 Å². The molecular formula is C18H25N3O2. The lowest BCUT2D eigenvalue weighted by atomic mass is 10.1. The summed E-state index contributed by atoms with van der Waals surface area (Å²) in [4.78, 5) is 19.2. The van der Waals surface area contributed by atoms with Gasteiger partial charge in [-0.1, -0.05) is 0 Å². The van der Waals surface area contributed by atoms with E-state index in [1.165, 1.54) is 0 Å². The number of carbonyl (C=O) groups is 1. The van der Waals surface area contributed by atoms with Crippen molar-refractivity contribution in [1.29, 1.82) is 0 Å². The van der Waals surface area contributed by atoms with Gasteiger partial charge in [0.1, 0.15) is 5.82 Å². The van der Waals surface area contributed by atoms with Crippen LogP contribution in [0.1, 0.15) is 42.9 Å². The Bertz CT molecular complexity index is 720. The maximum absolute atomic E-state index is 12.8. The highest BCUT2D eigenvalue weighted by Gasteiger charge is 2.25. The minimum Gasteiger partial charge on any atom is -0.374 e. The molecule has 0 spiro atoms. The Morgan fingerprint density at radius 1 is 1.39 bits per heavy atom. The summed E-state index contributed by atoms with van der Waals surface area (Å²) in [6, 6.07) is 5.76. The largest absolute Gasteiger partial charge is 0.374 e. The van der Waals surface area contributed by atoms with Gasteiger partial charge in [0.2, 0.25) is 0 Å². The zero-order valence-electron chi connectivity index (χ0n) is 14.4. The molecule has 0 radical (unpaired) electrons. The Kier molecular flexibility index (Phi) is 4.39. The molecule has 3 rings (SSSR count). The van der Waals surface area contributed by atoms with E-state index in [1.54, 1.807) is 0 Å². The number of aryl methyl sites for hydroxylation is 2. The van der Waals surface area contributed by atoms with Gasteiger partial charge in [-0.2, -0.15) is 0 Å². The Labute approximate surface area is 137 Å². The quantitative estimate of drug-likeness (QED) is 0.875. The second-order valence-electron chi connectivity index (χ2n) is 6.62. The van der Waals surface area contributed by atoms with Gasteiger partial charge in [0.25, 0.3) is 5.91 Å². The molecule has 5 heteroatoms. The number of benzene rings is 1. The highest BCUT2D eigenvalue weighted by molar-refractivity contribution is 5.97. The summed E-state index contributed by atoms with van der Waals surface area (Å²) in [5.41, 5.74) is 2.66. The van der Waals surface area contributed by atoms with Crippen LogP contribution in [0.25, 0.3) is 11.0 Å². The number of hydrogen-bond donors (Lipinski definition) is 0. The Hall–Kier alpha value is -1.88. The second-order valence-corrected chi connectivity index (χ2v) is 6.62. The van der Waals surface area contributed by atoms with Gasteiger partial charge in [-0.3, -0.25) is 4.79 Å². The fraction of sp³-hybridized carbons (Fsp3) is 0.556. The van der Waals surface area contributed by atoms with Crippen molar-refractivity contribution in [3.8, 4) is 0 Å². The molecule has 0 saturated carbocycles. The lowest BCUT2D eigenvalue weighted by Crippen LogP contribution is -2.43. The van der Waals surface area contributed by atoms with E-state index in [0.717, 1.165) is 41.8 Å². The highest BCUT2D eigenvalue weighted by atomic mass is 16.5. The van der Waals surface area contributed by atoms with E-state index in [1.807, 2.05) is 55.5 Å². The van der Waals surface area contributed by atoms with Crippen molar-refractivity contribution in [3.05, 3.63) is 29.6 Å². The zero-order valence-corrected chi connectivity index (χ0v) is 14.4. The van der Waals surface area contributed by atoms with E-state index >= 15 is 0 Å². The molecule has 0 aliphatic carbocycles. The number of aromatic nitrogens is 2. The molecule has 1 atom stereocenters. The molecule has 1 aromatic carbocycles. The maximum Gasteiger partial charge on any atom is 0.254 e. The number of hydrogen-bond acceptors (Lipinski definition) is 3. The van der Waals surface area contributed by atoms with Crippen molar-refractivity contribution in [3.63, 3.8) is 0 Å². The van der Waals surface area contributed by atoms with Gasteiger partial charge in [-0.25, -0.2) is 4.98 Å². The summed E-state index contributed by atoms with van der Waals surface area (Å²) in [6.45, 7) is 7.54. The number of likely N-dealkylation sites (tertiary alicyclic amines) is 1. The number of amides is 1. The van der Waals surface area contributed by atoms with E-state index in [-0.39, 0.29) is 18.1 Å². The lowest BCUT2D eigenvalue weighted by molar-refractivity contribution is -0.0287. The Balaban J connectivity index is 1.80. The summed E-state index contributed by atoms with van der Waals surface area (Å²) in [7, 11) is 1.98. The SMILES string of the molecule is Cc1nc2ccc(C(=O)N3CCC[C@H](OC(C)C)C3)cc2n1C. The first-order valence-electron chi connectivity index (χ1n) is 8.33. The van der Waals surface area contributed by atoms with Crippen molar-refractivity contribution in [2.45, 2.75) is 45.8 Å². The van der Waals surface area contributed by atoms with Crippen molar-refractivity contribution in [2.75, 3.05) is 13.1 Å². The molecule has 1 fully saturated rings.